The van der Waals surface area contributed by atoms with Gasteiger partial charge in [0.05, 0.1) is 5.75 Å². The van der Waals surface area contributed by atoms with Crippen LogP contribution in [0.25, 0.3) is 0 Å². The summed E-state index contributed by atoms with van der Waals surface area (Å²) in [5.41, 5.74) is 1.90. The first-order valence-corrected chi connectivity index (χ1v) is 10.3. The molecule has 130 valence electrons. The molecule has 1 atom stereocenters. The molecule has 1 aliphatic heterocycles. The van der Waals surface area contributed by atoms with Crippen LogP contribution in [0.3, 0.4) is 0 Å². The second kappa shape index (κ2) is 8.27. The van der Waals surface area contributed by atoms with Gasteiger partial charge in [0.15, 0.2) is 0 Å². The van der Waals surface area contributed by atoms with E-state index in [1.165, 1.54) is 19.3 Å². The molecule has 0 aromatic heterocycles. The van der Waals surface area contributed by atoms with E-state index in [-0.39, 0.29) is 11.8 Å². The lowest BCUT2D eigenvalue weighted by atomic mass is 9.99. The Kier molecular flexibility index (Phi) is 6.62. The lowest BCUT2D eigenvalue weighted by Gasteiger charge is -2.37. The Hall–Kier alpha value is -0.910. The number of hydrogen-bond acceptors (Lipinski definition) is 3. The molecule has 1 aliphatic rings. The van der Waals surface area contributed by atoms with E-state index in [9.17, 15) is 8.42 Å². The fourth-order valence-electron chi connectivity index (χ4n) is 3.28. The van der Waals surface area contributed by atoms with Gasteiger partial charge in [-0.25, -0.2) is 13.1 Å². The van der Waals surface area contributed by atoms with Crippen molar-refractivity contribution in [3.63, 3.8) is 0 Å². The van der Waals surface area contributed by atoms with E-state index in [4.69, 9.17) is 0 Å². The molecule has 4 nitrogen and oxygen atoms in total. The van der Waals surface area contributed by atoms with Crippen molar-refractivity contribution in [2.75, 3.05) is 19.6 Å². The number of hydrogen-bond donors (Lipinski definition) is 1. The Balaban J connectivity index is 1.97. The van der Waals surface area contributed by atoms with E-state index in [2.05, 4.69) is 23.5 Å². The maximum atomic E-state index is 12.4. The largest absolute Gasteiger partial charge is 0.299 e. The second-order valence-corrected chi connectivity index (χ2v) is 8.75. The van der Waals surface area contributed by atoms with E-state index in [0.29, 0.717) is 12.5 Å². The summed E-state index contributed by atoms with van der Waals surface area (Å²) in [4.78, 5) is 2.45. The zero-order valence-corrected chi connectivity index (χ0v) is 15.4. The predicted octanol–water partition coefficient (Wildman–Crippen LogP) is 2.92. The highest BCUT2D eigenvalue weighted by molar-refractivity contribution is 7.88. The molecule has 1 aromatic rings. The molecule has 1 N–H and O–H groups in total. The highest BCUT2D eigenvalue weighted by Gasteiger charge is 2.25. The molecule has 0 bridgehead atoms. The molecule has 1 aromatic carbocycles. The van der Waals surface area contributed by atoms with Gasteiger partial charge in [-0.2, -0.15) is 0 Å². The van der Waals surface area contributed by atoms with Crippen molar-refractivity contribution in [2.45, 2.75) is 51.8 Å². The third kappa shape index (κ3) is 5.59. The van der Waals surface area contributed by atoms with Gasteiger partial charge in [0.25, 0.3) is 0 Å². The summed E-state index contributed by atoms with van der Waals surface area (Å²) in [7, 11) is -3.30. The highest BCUT2D eigenvalue weighted by Crippen LogP contribution is 2.18. The molecule has 0 radical (unpaired) electrons. The molecule has 1 saturated heterocycles. The van der Waals surface area contributed by atoms with E-state index >= 15 is 0 Å². The minimum Gasteiger partial charge on any atom is -0.299 e. The lowest BCUT2D eigenvalue weighted by Crippen LogP contribution is -2.48. The van der Waals surface area contributed by atoms with Crippen LogP contribution in [0, 0.1) is 12.8 Å². The van der Waals surface area contributed by atoms with Crippen LogP contribution >= 0.6 is 0 Å². The van der Waals surface area contributed by atoms with E-state index < -0.39 is 10.0 Å². The summed E-state index contributed by atoms with van der Waals surface area (Å²) in [6.07, 6.45) is 3.73. The molecule has 0 saturated carbocycles. The molecular formula is C18H30N2O2S. The molecule has 0 aliphatic carbocycles. The van der Waals surface area contributed by atoms with Gasteiger partial charge in [0.1, 0.15) is 0 Å². The summed E-state index contributed by atoms with van der Waals surface area (Å²) in [6, 6.07) is 7.95. The van der Waals surface area contributed by atoms with Crippen molar-refractivity contribution in [3.05, 3.63) is 35.4 Å². The van der Waals surface area contributed by atoms with Crippen molar-refractivity contribution >= 4 is 10.0 Å². The normalized spacial score (nSPS) is 18.3. The van der Waals surface area contributed by atoms with Crippen molar-refractivity contribution < 1.29 is 8.42 Å². The predicted molar refractivity (Wildman–Crippen MR) is 95.9 cm³/mol. The summed E-state index contributed by atoms with van der Waals surface area (Å²) in [6.45, 7) is 8.98. The van der Waals surface area contributed by atoms with Crippen LogP contribution in [-0.2, 0) is 15.8 Å². The summed E-state index contributed by atoms with van der Waals surface area (Å²) in [5, 5.41) is 0. The highest BCUT2D eigenvalue weighted by atomic mass is 32.2. The number of nitrogens with zero attached hydrogens (tertiary/aromatic N) is 1. The molecule has 0 amide bonds. The Morgan fingerprint density at radius 2 is 1.78 bits per heavy atom. The van der Waals surface area contributed by atoms with Crippen molar-refractivity contribution in [1.82, 2.24) is 9.62 Å². The monoisotopic (exact) mass is 338 g/mol. The van der Waals surface area contributed by atoms with Gasteiger partial charge < -0.3 is 0 Å². The smallest absolute Gasteiger partial charge is 0.215 e. The molecule has 1 fully saturated rings. The number of likely N-dealkylation sites (tertiary alicyclic amines) is 1. The number of sulfonamides is 1. The maximum Gasteiger partial charge on any atom is 0.215 e. The Labute approximate surface area is 141 Å². The van der Waals surface area contributed by atoms with Crippen LogP contribution in [0.2, 0.25) is 0 Å². The average molecular weight is 339 g/mol. The number of benzene rings is 1. The Bertz CT molecular complexity index is 593. The first-order valence-electron chi connectivity index (χ1n) is 8.65. The summed E-state index contributed by atoms with van der Waals surface area (Å²) < 4.78 is 27.7. The molecule has 2 rings (SSSR count). The third-order valence-corrected chi connectivity index (χ3v) is 6.05. The second-order valence-electron chi connectivity index (χ2n) is 6.94. The van der Waals surface area contributed by atoms with Crippen LogP contribution in [-0.4, -0.2) is 39.0 Å². The average Bonchev–Trinajstić information content (AvgIpc) is 2.50. The van der Waals surface area contributed by atoms with Gasteiger partial charge in [0.2, 0.25) is 10.0 Å². The standard InChI is InChI=1S/C18H30N2O2S/c1-15(2)18(20-11-7-4-8-12-20)13-19-23(21,22)14-17-10-6-5-9-16(17)3/h5-6,9-10,15,18-19H,4,7-8,11-14H2,1-3H3. The number of rotatable bonds is 7. The van der Waals surface area contributed by atoms with Gasteiger partial charge in [-0.15, -0.1) is 0 Å². The van der Waals surface area contributed by atoms with Crippen molar-refractivity contribution in [1.29, 1.82) is 0 Å². The van der Waals surface area contributed by atoms with Gasteiger partial charge >= 0.3 is 0 Å². The quantitative estimate of drug-likeness (QED) is 0.831. The fourth-order valence-corrected chi connectivity index (χ4v) is 4.54. The van der Waals surface area contributed by atoms with Crippen LogP contribution < -0.4 is 4.72 Å². The molecule has 1 heterocycles. The van der Waals surface area contributed by atoms with Crippen molar-refractivity contribution in [2.24, 2.45) is 5.92 Å². The molecule has 23 heavy (non-hydrogen) atoms. The topological polar surface area (TPSA) is 49.4 Å². The Morgan fingerprint density at radius 3 is 2.39 bits per heavy atom. The molecular weight excluding hydrogens is 308 g/mol. The molecule has 0 spiro atoms. The maximum absolute atomic E-state index is 12.4. The van der Waals surface area contributed by atoms with Gasteiger partial charge in [-0.1, -0.05) is 44.5 Å². The number of piperidine rings is 1. The van der Waals surface area contributed by atoms with Crippen LogP contribution in [0.1, 0.15) is 44.2 Å². The minimum absolute atomic E-state index is 0.0600. The Morgan fingerprint density at radius 1 is 1.13 bits per heavy atom. The van der Waals surface area contributed by atoms with Gasteiger partial charge in [-0.3, -0.25) is 4.90 Å². The zero-order valence-electron chi connectivity index (χ0n) is 14.6. The van der Waals surface area contributed by atoms with E-state index in [0.717, 1.165) is 24.2 Å². The van der Waals surface area contributed by atoms with Crippen LogP contribution in [0.4, 0.5) is 0 Å². The molecule has 1 unspecified atom stereocenters. The van der Waals surface area contributed by atoms with Crippen LogP contribution in [0.5, 0.6) is 0 Å². The van der Waals surface area contributed by atoms with E-state index in [1.807, 2.05) is 31.2 Å². The first kappa shape index (κ1) is 18.4. The number of aryl methyl sites for hydroxylation is 1. The van der Waals surface area contributed by atoms with Gasteiger partial charge in [-0.05, 0) is 49.9 Å². The lowest BCUT2D eigenvalue weighted by molar-refractivity contribution is 0.130. The first-order chi connectivity index (χ1) is 10.9. The summed E-state index contributed by atoms with van der Waals surface area (Å²) in [5.74, 6) is 0.499. The third-order valence-electron chi connectivity index (χ3n) is 4.75. The van der Waals surface area contributed by atoms with Crippen molar-refractivity contribution in [3.8, 4) is 0 Å². The summed E-state index contributed by atoms with van der Waals surface area (Å²) >= 11 is 0. The minimum atomic E-state index is -3.30. The van der Waals surface area contributed by atoms with Crippen LogP contribution in [0.15, 0.2) is 24.3 Å². The number of nitrogens with one attached hydrogen (secondary N) is 1. The zero-order chi connectivity index (χ0) is 16.9. The van der Waals surface area contributed by atoms with E-state index in [1.54, 1.807) is 0 Å². The fraction of sp³-hybridized carbons (Fsp3) is 0.667. The van der Waals surface area contributed by atoms with Gasteiger partial charge in [0, 0.05) is 12.6 Å². The molecule has 5 heteroatoms. The SMILES string of the molecule is Cc1ccccc1CS(=O)(=O)NCC(C(C)C)N1CCCCC1.